The summed E-state index contributed by atoms with van der Waals surface area (Å²) in [6.07, 6.45) is 1.65. The van der Waals surface area contributed by atoms with E-state index in [2.05, 4.69) is 10.4 Å². The molecule has 0 bridgehead atoms. The second-order valence-electron chi connectivity index (χ2n) is 4.08. The summed E-state index contributed by atoms with van der Waals surface area (Å²) in [5.74, 6) is -0.408. The van der Waals surface area contributed by atoms with E-state index < -0.39 is 11.9 Å². The van der Waals surface area contributed by atoms with Crippen LogP contribution in [0.3, 0.4) is 0 Å². The molecule has 3 N–H and O–H groups in total. The number of aromatic nitrogens is 2. The maximum Gasteiger partial charge on any atom is 0.240 e. The first-order chi connectivity index (χ1) is 8.68. The maximum absolute atomic E-state index is 11.5. The van der Waals surface area contributed by atoms with E-state index in [1.807, 2.05) is 30.3 Å². The van der Waals surface area contributed by atoms with Gasteiger partial charge in [-0.15, -0.1) is 0 Å². The lowest BCUT2D eigenvalue weighted by atomic mass is 10.1. The van der Waals surface area contributed by atoms with Gasteiger partial charge in [-0.1, -0.05) is 30.3 Å². The quantitative estimate of drug-likeness (QED) is 0.814. The van der Waals surface area contributed by atoms with E-state index in [4.69, 9.17) is 5.73 Å². The van der Waals surface area contributed by atoms with Gasteiger partial charge in [0.05, 0.1) is 5.69 Å². The van der Waals surface area contributed by atoms with Crippen molar-refractivity contribution in [3.05, 3.63) is 53.9 Å². The zero-order chi connectivity index (χ0) is 13.0. The Hall–Kier alpha value is -2.14. The highest BCUT2D eigenvalue weighted by Crippen LogP contribution is 2.12. The van der Waals surface area contributed by atoms with Crippen molar-refractivity contribution in [2.24, 2.45) is 12.8 Å². The van der Waals surface area contributed by atoms with E-state index in [1.54, 1.807) is 24.0 Å². The number of aryl methyl sites for hydroxylation is 1. The molecule has 5 heteroatoms. The predicted molar refractivity (Wildman–Crippen MR) is 68.4 cm³/mol. The van der Waals surface area contributed by atoms with Gasteiger partial charge in [-0.05, 0) is 11.6 Å². The molecule has 1 atom stereocenters. The summed E-state index contributed by atoms with van der Waals surface area (Å²) in [7, 11) is 1.79. The molecule has 94 valence electrons. The normalized spacial score (nSPS) is 12.3. The number of hydrogen-bond acceptors (Lipinski definition) is 3. The first-order valence-corrected chi connectivity index (χ1v) is 5.73. The van der Waals surface area contributed by atoms with Crippen LogP contribution in [0.15, 0.2) is 42.6 Å². The number of primary amides is 1. The Labute approximate surface area is 106 Å². The average molecular weight is 244 g/mol. The van der Waals surface area contributed by atoms with Crippen LogP contribution in [0.4, 0.5) is 0 Å². The van der Waals surface area contributed by atoms with Crippen LogP contribution in [0.2, 0.25) is 0 Å². The molecular weight excluding hydrogens is 228 g/mol. The molecule has 18 heavy (non-hydrogen) atoms. The van der Waals surface area contributed by atoms with Gasteiger partial charge < -0.3 is 5.73 Å². The van der Waals surface area contributed by atoms with Gasteiger partial charge in [-0.3, -0.25) is 14.8 Å². The smallest absolute Gasteiger partial charge is 0.240 e. The van der Waals surface area contributed by atoms with Gasteiger partial charge in [0, 0.05) is 19.8 Å². The second kappa shape index (κ2) is 5.46. The lowest BCUT2D eigenvalue weighted by Gasteiger charge is -2.15. The van der Waals surface area contributed by atoms with E-state index in [9.17, 15) is 4.79 Å². The van der Waals surface area contributed by atoms with Crippen LogP contribution >= 0.6 is 0 Å². The molecule has 0 spiro atoms. The third-order valence-corrected chi connectivity index (χ3v) is 2.79. The summed E-state index contributed by atoms with van der Waals surface area (Å²) in [6.45, 7) is 0.583. The molecule has 2 rings (SSSR count). The molecular formula is C13H16N4O. The number of hydrogen-bond donors (Lipinski definition) is 2. The Bertz CT molecular complexity index is 521. The minimum absolute atomic E-state index is 0.408. The fourth-order valence-corrected chi connectivity index (χ4v) is 1.83. The largest absolute Gasteiger partial charge is 0.368 e. The van der Waals surface area contributed by atoms with Crippen molar-refractivity contribution < 1.29 is 4.79 Å². The van der Waals surface area contributed by atoms with Gasteiger partial charge in [-0.2, -0.15) is 5.10 Å². The van der Waals surface area contributed by atoms with Crippen molar-refractivity contribution >= 4 is 5.91 Å². The highest BCUT2D eigenvalue weighted by Gasteiger charge is 2.19. The van der Waals surface area contributed by atoms with Crippen molar-refractivity contribution in [1.29, 1.82) is 0 Å². The maximum atomic E-state index is 11.5. The minimum Gasteiger partial charge on any atom is -0.368 e. The van der Waals surface area contributed by atoms with Crippen LogP contribution in [-0.4, -0.2) is 15.7 Å². The number of carbonyl (C=O) groups excluding carboxylic acids is 1. The average Bonchev–Trinajstić information content (AvgIpc) is 2.77. The van der Waals surface area contributed by atoms with E-state index in [-0.39, 0.29) is 0 Å². The molecule has 1 unspecified atom stereocenters. The van der Waals surface area contributed by atoms with Gasteiger partial charge in [-0.25, -0.2) is 0 Å². The van der Waals surface area contributed by atoms with Crippen molar-refractivity contribution in [3.63, 3.8) is 0 Å². The molecule has 1 aromatic carbocycles. The van der Waals surface area contributed by atoms with Gasteiger partial charge in [0.15, 0.2) is 0 Å². The molecule has 0 aliphatic heterocycles. The Kier molecular flexibility index (Phi) is 3.74. The molecule has 0 saturated carbocycles. The monoisotopic (exact) mass is 244 g/mol. The van der Waals surface area contributed by atoms with E-state index in [0.717, 1.165) is 11.3 Å². The molecule has 1 heterocycles. The topological polar surface area (TPSA) is 72.9 Å². The Morgan fingerprint density at radius 2 is 2.11 bits per heavy atom. The molecule has 0 aliphatic rings. The minimum atomic E-state index is -0.530. The number of nitrogens with zero attached hydrogens (tertiary/aromatic N) is 2. The molecule has 2 aromatic rings. The van der Waals surface area contributed by atoms with E-state index in [0.29, 0.717) is 6.54 Å². The second-order valence-corrected chi connectivity index (χ2v) is 4.08. The fraction of sp³-hybridized carbons (Fsp3) is 0.231. The third-order valence-electron chi connectivity index (χ3n) is 2.79. The number of nitrogens with two attached hydrogens (primary N) is 1. The highest BCUT2D eigenvalue weighted by molar-refractivity contribution is 5.80. The Morgan fingerprint density at radius 1 is 1.39 bits per heavy atom. The van der Waals surface area contributed by atoms with Crippen molar-refractivity contribution in [1.82, 2.24) is 15.1 Å². The summed E-state index contributed by atoms with van der Waals surface area (Å²) < 4.78 is 1.65. The SMILES string of the molecule is Cn1nccc1C(NCc1ccccc1)C(N)=O. The number of rotatable bonds is 5. The Morgan fingerprint density at radius 3 is 2.67 bits per heavy atom. The number of amides is 1. The summed E-state index contributed by atoms with van der Waals surface area (Å²) in [4.78, 5) is 11.5. The van der Waals surface area contributed by atoms with Crippen LogP contribution in [0, 0.1) is 0 Å². The lowest BCUT2D eigenvalue weighted by molar-refractivity contribution is -0.120. The fourth-order valence-electron chi connectivity index (χ4n) is 1.83. The first kappa shape index (κ1) is 12.3. The van der Waals surface area contributed by atoms with Crippen LogP contribution in [0.25, 0.3) is 0 Å². The van der Waals surface area contributed by atoms with Gasteiger partial charge in [0.1, 0.15) is 6.04 Å². The number of benzene rings is 1. The van der Waals surface area contributed by atoms with Gasteiger partial charge in [0.2, 0.25) is 5.91 Å². The van der Waals surface area contributed by atoms with Crippen LogP contribution in [-0.2, 0) is 18.4 Å². The summed E-state index contributed by atoms with van der Waals surface area (Å²) in [6, 6.07) is 11.1. The third kappa shape index (κ3) is 2.75. The molecule has 1 amide bonds. The van der Waals surface area contributed by atoms with E-state index >= 15 is 0 Å². The molecule has 0 radical (unpaired) electrons. The molecule has 1 aromatic heterocycles. The van der Waals surface area contributed by atoms with Crippen LogP contribution < -0.4 is 11.1 Å². The van der Waals surface area contributed by atoms with Gasteiger partial charge >= 0.3 is 0 Å². The molecule has 0 aliphatic carbocycles. The first-order valence-electron chi connectivity index (χ1n) is 5.73. The molecule has 0 saturated heterocycles. The van der Waals surface area contributed by atoms with Crippen molar-refractivity contribution in [3.8, 4) is 0 Å². The van der Waals surface area contributed by atoms with Crippen molar-refractivity contribution in [2.75, 3.05) is 0 Å². The zero-order valence-electron chi connectivity index (χ0n) is 10.2. The summed E-state index contributed by atoms with van der Waals surface area (Å²) in [5.41, 5.74) is 7.28. The molecule has 5 nitrogen and oxygen atoms in total. The van der Waals surface area contributed by atoms with Crippen LogP contribution in [0.5, 0.6) is 0 Å². The predicted octanol–water partition coefficient (Wildman–Crippen LogP) is 0.736. The van der Waals surface area contributed by atoms with Crippen LogP contribution in [0.1, 0.15) is 17.3 Å². The van der Waals surface area contributed by atoms with Gasteiger partial charge in [0.25, 0.3) is 0 Å². The standard InChI is InChI=1S/C13H16N4O/c1-17-11(7-8-16-17)12(13(14)18)15-9-10-5-3-2-4-6-10/h2-8,12,15H,9H2,1H3,(H2,14,18). The highest BCUT2D eigenvalue weighted by atomic mass is 16.1. The Balaban J connectivity index is 2.09. The number of carbonyl (C=O) groups is 1. The summed E-state index contributed by atoms with van der Waals surface area (Å²) in [5, 5.41) is 7.19. The summed E-state index contributed by atoms with van der Waals surface area (Å²) >= 11 is 0. The van der Waals surface area contributed by atoms with Crippen molar-refractivity contribution in [2.45, 2.75) is 12.6 Å². The molecule has 0 fully saturated rings. The van der Waals surface area contributed by atoms with E-state index in [1.165, 1.54) is 0 Å². The zero-order valence-corrected chi connectivity index (χ0v) is 10.2. The number of nitrogens with one attached hydrogen (secondary N) is 1. The lowest BCUT2D eigenvalue weighted by Crippen LogP contribution is -2.34.